The first-order valence-electron chi connectivity index (χ1n) is 9.73. The highest BCUT2D eigenvalue weighted by Gasteiger charge is 2.26. The SMILES string of the molecule is Cc1nc(C(=O)N2CCC(Cc3cccc(F)c3)CC2)nn1-c1ccc(Cl)cc1. The Morgan fingerprint density at radius 1 is 1.17 bits per heavy atom. The molecule has 2 aromatic carbocycles. The molecule has 1 saturated heterocycles. The second-order valence-corrected chi connectivity index (χ2v) is 7.88. The molecule has 1 aliphatic rings. The van der Waals surface area contributed by atoms with Gasteiger partial charge in [-0.25, -0.2) is 14.1 Å². The van der Waals surface area contributed by atoms with Crippen LogP contribution < -0.4 is 0 Å². The number of hydrogen-bond acceptors (Lipinski definition) is 3. The van der Waals surface area contributed by atoms with Crippen molar-refractivity contribution in [1.82, 2.24) is 19.7 Å². The lowest BCUT2D eigenvalue weighted by Gasteiger charge is -2.31. The average molecular weight is 413 g/mol. The van der Waals surface area contributed by atoms with Crippen LogP contribution in [0.4, 0.5) is 4.39 Å². The van der Waals surface area contributed by atoms with Gasteiger partial charge in [-0.05, 0) is 74.1 Å². The first-order valence-corrected chi connectivity index (χ1v) is 10.1. The molecule has 29 heavy (non-hydrogen) atoms. The van der Waals surface area contributed by atoms with Crippen LogP contribution in [0.3, 0.4) is 0 Å². The van der Waals surface area contributed by atoms with Crippen LogP contribution in [-0.2, 0) is 6.42 Å². The molecule has 150 valence electrons. The summed E-state index contributed by atoms with van der Waals surface area (Å²) in [5.74, 6) is 0.956. The molecular formula is C22H22ClFN4O. The number of amides is 1. The van der Waals surface area contributed by atoms with Crippen molar-refractivity contribution in [3.63, 3.8) is 0 Å². The number of halogens is 2. The minimum atomic E-state index is -0.201. The molecule has 5 nitrogen and oxygen atoms in total. The van der Waals surface area contributed by atoms with Crippen molar-refractivity contribution in [3.05, 3.63) is 76.6 Å². The van der Waals surface area contributed by atoms with Gasteiger partial charge in [0.25, 0.3) is 5.91 Å². The third kappa shape index (κ3) is 4.48. The fraction of sp³-hybridized carbons (Fsp3) is 0.318. The average Bonchev–Trinajstić information content (AvgIpc) is 3.10. The van der Waals surface area contributed by atoms with E-state index >= 15 is 0 Å². The van der Waals surface area contributed by atoms with Crippen molar-refractivity contribution in [2.24, 2.45) is 5.92 Å². The molecule has 2 heterocycles. The van der Waals surface area contributed by atoms with E-state index < -0.39 is 0 Å². The Kier molecular flexibility index (Phi) is 5.62. The van der Waals surface area contributed by atoms with Crippen molar-refractivity contribution in [3.8, 4) is 5.69 Å². The highest BCUT2D eigenvalue weighted by molar-refractivity contribution is 6.30. The Labute approximate surface area is 174 Å². The molecule has 0 saturated carbocycles. The monoisotopic (exact) mass is 412 g/mol. The molecule has 0 unspecified atom stereocenters. The van der Waals surface area contributed by atoms with Gasteiger partial charge in [-0.1, -0.05) is 23.7 Å². The number of piperidine rings is 1. The predicted molar refractivity (Wildman–Crippen MR) is 110 cm³/mol. The number of carbonyl (C=O) groups excluding carboxylic acids is 1. The van der Waals surface area contributed by atoms with Crippen molar-refractivity contribution in [2.75, 3.05) is 13.1 Å². The van der Waals surface area contributed by atoms with Crippen LogP contribution in [0.2, 0.25) is 5.02 Å². The van der Waals surface area contributed by atoms with Crippen LogP contribution in [0.1, 0.15) is 34.8 Å². The minimum absolute atomic E-state index is 0.148. The van der Waals surface area contributed by atoms with Crippen molar-refractivity contribution in [1.29, 1.82) is 0 Å². The van der Waals surface area contributed by atoms with Crippen LogP contribution >= 0.6 is 11.6 Å². The second-order valence-electron chi connectivity index (χ2n) is 7.44. The largest absolute Gasteiger partial charge is 0.336 e. The Hall–Kier alpha value is -2.73. The molecule has 0 bridgehead atoms. The zero-order chi connectivity index (χ0) is 20.4. The summed E-state index contributed by atoms with van der Waals surface area (Å²) in [7, 11) is 0. The summed E-state index contributed by atoms with van der Waals surface area (Å²) < 4.78 is 15.0. The topological polar surface area (TPSA) is 51.0 Å². The molecule has 1 aliphatic heterocycles. The van der Waals surface area contributed by atoms with E-state index in [0.717, 1.165) is 30.5 Å². The highest BCUT2D eigenvalue weighted by Crippen LogP contribution is 2.23. The molecular weight excluding hydrogens is 391 g/mol. The lowest BCUT2D eigenvalue weighted by atomic mass is 9.90. The highest BCUT2D eigenvalue weighted by atomic mass is 35.5. The second kappa shape index (κ2) is 8.33. The Balaban J connectivity index is 1.39. The van der Waals surface area contributed by atoms with E-state index in [4.69, 9.17) is 11.6 Å². The molecule has 1 amide bonds. The van der Waals surface area contributed by atoms with Crippen LogP contribution in [-0.4, -0.2) is 38.7 Å². The van der Waals surface area contributed by atoms with Crippen LogP contribution in [0.5, 0.6) is 0 Å². The molecule has 0 spiro atoms. The standard InChI is InChI=1S/C22H22ClFN4O/c1-15-25-21(26-28(15)20-7-5-18(23)6-8-20)22(29)27-11-9-16(10-12-27)13-17-3-2-4-19(24)14-17/h2-8,14,16H,9-13H2,1H3. The number of nitrogens with zero attached hydrogens (tertiary/aromatic N) is 4. The maximum absolute atomic E-state index is 13.4. The number of rotatable bonds is 4. The zero-order valence-electron chi connectivity index (χ0n) is 16.2. The van der Waals surface area contributed by atoms with E-state index in [1.807, 2.05) is 30.0 Å². The Morgan fingerprint density at radius 3 is 2.59 bits per heavy atom. The first-order chi connectivity index (χ1) is 14.0. The maximum Gasteiger partial charge on any atom is 0.293 e. The van der Waals surface area contributed by atoms with E-state index in [-0.39, 0.29) is 17.5 Å². The van der Waals surface area contributed by atoms with Crippen LogP contribution in [0.25, 0.3) is 5.69 Å². The van der Waals surface area contributed by atoms with E-state index in [0.29, 0.717) is 29.9 Å². The van der Waals surface area contributed by atoms with Gasteiger partial charge in [0.1, 0.15) is 11.6 Å². The van der Waals surface area contributed by atoms with Gasteiger partial charge in [-0.15, -0.1) is 5.10 Å². The normalized spacial score (nSPS) is 14.9. The molecule has 7 heteroatoms. The number of benzene rings is 2. The van der Waals surface area contributed by atoms with Gasteiger partial charge in [0.05, 0.1) is 5.69 Å². The molecule has 1 aromatic heterocycles. The summed E-state index contributed by atoms with van der Waals surface area (Å²) in [6.07, 6.45) is 2.61. The smallest absolute Gasteiger partial charge is 0.293 e. The quantitative estimate of drug-likeness (QED) is 0.635. The number of hydrogen-bond donors (Lipinski definition) is 0. The Morgan fingerprint density at radius 2 is 1.90 bits per heavy atom. The van der Waals surface area contributed by atoms with Gasteiger partial charge in [-0.2, -0.15) is 0 Å². The summed E-state index contributed by atoms with van der Waals surface area (Å²) in [5.41, 5.74) is 1.82. The molecule has 0 aliphatic carbocycles. The molecule has 1 fully saturated rings. The maximum atomic E-state index is 13.4. The zero-order valence-corrected chi connectivity index (χ0v) is 16.9. The lowest BCUT2D eigenvalue weighted by molar-refractivity contribution is 0.0678. The fourth-order valence-corrected chi connectivity index (χ4v) is 3.91. The lowest BCUT2D eigenvalue weighted by Crippen LogP contribution is -2.39. The van der Waals surface area contributed by atoms with Gasteiger partial charge in [0, 0.05) is 18.1 Å². The molecule has 3 aromatic rings. The number of aryl methyl sites for hydroxylation is 1. The van der Waals surface area contributed by atoms with E-state index in [1.54, 1.807) is 28.9 Å². The summed E-state index contributed by atoms with van der Waals surface area (Å²) in [5, 5.41) is 5.05. The number of carbonyl (C=O) groups is 1. The summed E-state index contributed by atoms with van der Waals surface area (Å²) in [6.45, 7) is 3.14. The third-order valence-electron chi connectivity index (χ3n) is 5.35. The van der Waals surface area contributed by atoms with Gasteiger partial charge in [-0.3, -0.25) is 4.79 Å². The first kappa shape index (κ1) is 19.6. The van der Waals surface area contributed by atoms with Gasteiger partial charge >= 0.3 is 0 Å². The van der Waals surface area contributed by atoms with Crippen molar-refractivity contribution >= 4 is 17.5 Å². The number of likely N-dealkylation sites (tertiary alicyclic amines) is 1. The number of aromatic nitrogens is 3. The molecule has 0 atom stereocenters. The van der Waals surface area contributed by atoms with Crippen molar-refractivity contribution in [2.45, 2.75) is 26.2 Å². The summed E-state index contributed by atoms with van der Waals surface area (Å²) in [6, 6.07) is 14.0. The predicted octanol–water partition coefficient (Wildman–Crippen LogP) is 4.46. The van der Waals surface area contributed by atoms with Gasteiger partial charge in [0.2, 0.25) is 5.82 Å². The van der Waals surface area contributed by atoms with Crippen LogP contribution in [0.15, 0.2) is 48.5 Å². The summed E-state index contributed by atoms with van der Waals surface area (Å²) in [4.78, 5) is 19.1. The minimum Gasteiger partial charge on any atom is -0.336 e. The molecule has 4 rings (SSSR count). The fourth-order valence-electron chi connectivity index (χ4n) is 3.79. The van der Waals surface area contributed by atoms with Gasteiger partial charge < -0.3 is 4.90 Å². The Bertz CT molecular complexity index is 1010. The third-order valence-corrected chi connectivity index (χ3v) is 5.60. The van der Waals surface area contributed by atoms with Crippen LogP contribution in [0, 0.1) is 18.7 Å². The summed E-state index contributed by atoms with van der Waals surface area (Å²) >= 11 is 5.94. The van der Waals surface area contributed by atoms with Gasteiger partial charge in [0.15, 0.2) is 0 Å². The molecule has 0 radical (unpaired) electrons. The van der Waals surface area contributed by atoms with Crippen molar-refractivity contribution < 1.29 is 9.18 Å². The van der Waals surface area contributed by atoms with E-state index in [9.17, 15) is 9.18 Å². The molecule has 0 N–H and O–H groups in total. The van der Waals surface area contributed by atoms with E-state index in [1.165, 1.54) is 6.07 Å². The van der Waals surface area contributed by atoms with E-state index in [2.05, 4.69) is 10.1 Å².